The van der Waals surface area contributed by atoms with Crippen LogP contribution < -0.4 is 15.4 Å². The zero-order valence-corrected chi connectivity index (χ0v) is 17.0. The molecule has 1 aliphatic heterocycles. The normalized spacial score (nSPS) is 20.3. The predicted molar refractivity (Wildman–Crippen MR) is 110 cm³/mol. The summed E-state index contributed by atoms with van der Waals surface area (Å²) in [5, 5.41) is 5.95. The standard InChI is InChI=1S/C23H26FN3O3/c1-30-18-8-7-16(19(24)13-18)15-27-12-11-25-22(29)20(27)14-21(28)26-23(9-10-23)17-5-3-2-4-6-17/h2-8,13,20H,9-12,14-15H2,1H3,(H,25,29)(H,26,28)/t20-/m0/s1. The fourth-order valence-corrected chi connectivity index (χ4v) is 4.04. The number of piperazine rings is 1. The second-order valence-electron chi connectivity index (χ2n) is 7.94. The third-order valence-corrected chi connectivity index (χ3v) is 5.91. The molecule has 0 aromatic heterocycles. The summed E-state index contributed by atoms with van der Waals surface area (Å²) in [6.07, 6.45) is 1.82. The molecule has 7 heteroatoms. The lowest BCUT2D eigenvalue weighted by Gasteiger charge is -2.35. The first-order valence-electron chi connectivity index (χ1n) is 10.2. The van der Waals surface area contributed by atoms with Crippen LogP contribution in [0.2, 0.25) is 0 Å². The maximum absolute atomic E-state index is 14.4. The monoisotopic (exact) mass is 411 g/mol. The van der Waals surface area contributed by atoms with E-state index in [4.69, 9.17) is 4.74 Å². The van der Waals surface area contributed by atoms with Gasteiger partial charge in [0.25, 0.3) is 0 Å². The molecule has 1 heterocycles. The Balaban J connectivity index is 1.44. The summed E-state index contributed by atoms with van der Waals surface area (Å²) in [6.45, 7) is 1.28. The van der Waals surface area contributed by atoms with Gasteiger partial charge in [0.1, 0.15) is 11.6 Å². The highest BCUT2D eigenvalue weighted by molar-refractivity contribution is 5.89. The zero-order valence-electron chi connectivity index (χ0n) is 17.0. The Morgan fingerprint density at radius 1 is 1.27 bits per heavy atom. The third-order valence-electron chi connectivity index (χ3n) is 5.91. The molecule has 2 aromatic carbocycles. The van der Waals surface area contributed by atoms with Crippen LogP contribution in [0.15, 0.2) is 48.5 Å². The van der Waals surface area contributed by atoms with Gasteiger partial charge in [0, 0.05) is 31.3 Å². The van der Waals surface area contributed by atoms with E-state index in [1.54, 1.807) is 12.1 Å². The van der Waals surface area contributed by atoms with Crippen LogP contribution in [0.1, 0.15) is 30.4 Å². The number of ether oxygens (including phenoxy) is 1. The van der Waals surface area contributed by atoms with Crippen molar-refractivity contribution in [1.82, 2.24) is 15.5 Å². The topological polar surface area (TPSA) is 70.7 Å². The lowest BCUT2D eigenvalue weighted by molar-refractivity contribution is -0.134. The van der Waals surface area contributed by atoms with Crippen molar-refractivity contribution in [2.75, 3.05) is 20.2 Å². The number of nitrogens with zero attached hydrogens (tertiary/aromatic N) is 1. The van der Waals surface area contributed by atoms with E-state index in [0.29, 0.717) is 24.4 Å². The Labute approximate surface area is 175 Å². The van der Waals surface area contributed by atoms with Crippen molar-refractivity contribution >= 4 is 11.8 Å². The number of halogens is 1. The minimum atomic E-state index is -0.633. The largest absolute Gasteiger partial charge is 0.497 e. The van der Waals surface area contributed by atoms with Gasteiger partial charge in [-0.3, -0.25) is 14.5 Å². The molecule has 4 rings (SSSR count). The van der Waals surface area contributed by atoms with Crippen LogP contribution in [0.4, 0.5) is 4.39 Å². The van der Waals surface area contributed by atoms with Crippen LogP contribution in [0.5, 0.6) is 5.75 Å². The molecule has 1 saturated carbocycles. The van der Waals surface area contributed by atoms with Gasteiger partial charge in [0.05, 0.1) is 25.1 Å². The number of nitrogens with one attached hydrogen (secondary N) is 2. The molecular weight excluding hydrogens is 385 g/mol. The van der Waals surface area contributed by atoms with E-state index in [-0.39, 0.29) is 36.1 Å². The summed E-state index contributed by atoms with van der Waals surface area (Å²) in [5.74, 6) is -0.308. The Bertz CT molecular complexity index is 931. The Morgan fingerprint density at radius 3 is 2.70 bits per heavy atom. The Kier molecular flexibility index (Phi) is 5.72. The van der Waals surface area contributed by atoms with Gasteiger partial charge in [-0.15, -0.1) is 0 Å². The van der Waals surface area contributed by atoms with Crippen molar-refractivity contribution in [3.63, 3.8) is 0 Å². The van der Waals surface area contributed by atoms with Gasteiger partial charge < -0.3 is 15.4 Å². The van der Waals surface area contributed by atoms with E-state index in [1.807, 2.05) is 35.2 Å². The molecule has 1 aliphatic carbocycles. The molecule has 0 bridgehead atoms. The van der Waals surface area contributed by atoms with E-state index in [1.165, 1.54) is 13.2 Å². The van der Waals surface area contributed by atoms with Crippen molar-refractivity contribution in [3.8, 4) is 5.75 Å². The first-order valence-corrected chi connectivity index (χ1v) is 10.2. The summed E-state index contributed by atoms with van der Waals surface area (Å²) in [4.78, 5) is 27.2. The number of benzene rings is 2. The number of hydrogen-bond acceptors (Lipinski definition) is 4. The van der Waals surface area contributed by atoms with Crippen LogP contribution in [0.25, 0.3) is 0 Å². The summed E-state index contributed by atoms with van der Waals surface area (Å²) >= 11 is 0. The van der Waals surface area contributed by atoms with Gasteiger partial charge >= 0.3 is 0 Å². The van der Waals surface area contributed by atoms with Crippen molar-refractivity contribution in [3.05, 3.63) is 65.5 Å². The molecule has 2 aromatic rings. The minimum Gasteiger partial charge on any atom is -0.497 e. The molecule has 158 valence electrons. The zero-order chi connectivity index (χ0) is 21.1. The highest BCUT2D eigenvalue weighted by atomic mass is 19.1. The van der Waals surface area contributed by atoms with E-state index in [2.05, 4.69) is 10.6 Å². The molecule has 2 amide bonds. The molecule has 0 unspecified atom stereocenters. The second-order valence-corrected chi connectivity index (χ2v) is 7.94. The lowest BCUT2D eigenvalue weighted by Crippen LogP contribution is -2.56. The van der Waals surface area contributed by atoms with Gasteiger partial charge in [-0.05, 0) is 24.5 Å². The molecule has 1 saturated heterocycles. The number of carbonyl (C=O) groups excluding carboxylic acids is 2. The number of amides is 2. The van der Waals surface area contributed by atoms with Gasteiger partial charge in [0.15, 0.2) is 0 Å². The number of methoxy groups -OCH3 is 1. The summed E-state index contributed by atoms with van der Waals surface area (Å²) in [6, 6.07) is 13.9. The van der Waals surface area contributed by atoms with Gasteiger partial charge in [-0.2, -0.15) is 0 Å². The summed E-state index contributed by atoms with van der Waals surface area (Å²) in [7, 11) is 1.49. The molecule has 2 fully saturated rings. The van der Waals surface area contributed by atoms with Crippen molar-refractivity contribution in [2.45, 2.75) is 37.4 Å². The van der Waals surface area contributed by atoms with Crippen LogP contribution in [-0.4, -0.2) is 43.0 Å². The highest BCUT2D eigenvalue weighted by Crippen LogP contribution is 2.45. The third kappa shape index (κ3) is 4.31. The van der Waals surface area contributed by atoms with Crippen molar-refractivity contribution < 1.29 is 18.7 Å². The minimum absolute atomic E-state index is 0.0399. The molecular formula is C23H26FN3O3. The SMILES string of the molecule is COc1ccc(CN2CCNC(=O)[C@@H]2CC(=O)NC2(c3ccccc3)CC2)c(F)c1. The average Bonchev–Trinajstić information content (AvgIpc) is 3.53. The predicted octanol–water partition coefficient (Wildman–Crippen LogP) is 2.33. The number of rotatable bonds is 7. The molecule has 2 aliphatic rings. The van der Waals surface area contributed by atoms with E-state index >= 15 is 0 Å². The summed E-state index contributed by atoms with van der Waals surface area (Å²) < 4.78 is 19.5. The fraction of sp³-hybridized carbons (Fsp3) is 0.391. The number of hydrogen-bond donors (Lipinski definition) is 2. The van der Waals surface area contributed by atoms with E-state index in [9.17, 15) is 14.0 Å². The Morgan fingerprint density at radius 2 is 2.03 bits per heavy atom. The lowest BCUT2D eigenvalue weighted by atomic mass is 10.0. The molecule has 1 atom stereocenters. The fourth-order valence-electron chi connectivity index (χ4n) is 4.04. The maximum Gasteiger partial charge on any atom is 0.237 e. The highest BCUT2D eigenvalue weighted by Gasteiger charge is 2.46. The van der Waals surface area contributed by atoms with E-state index in [0.717, 1.165) is 18.4 Å². The smallest absolute Gasteiger partial charge is 0.237 e. The Hall–Kier alpha value is -2.93. The summed E-state index contributed by atoms with van der Waals surface area (Å²) in [5.41, 5.74) is 1.23. The number of carbonyl (C=O) groups is 2. The molecule has 2 N–H and O–H groups in total. The van der Waals surface area contributed by atoms with Crippen LogP contribution in [0.3, 0.4) is 0 Å². The molecule has 6 nitrogen and oxygen atoms in total. The van der Waals surface area contributed by atoms with Gasteiger partial charge in [0.2, 0.25) is 11.8 Å². The first-order chi connectivity index (χ1) is 14.5. The maximum atomic E-state index is 14.4. The quantitative estimate of drug-likeness (QED) is 0.734. The molecule has 0 radical (unpaired) electrons. The van der Waals surface area contributed by atoms with Crippen molar-refractivity contribution in [2.24, 2.45) is 0 Å². The molecule has 0 spiro atoms. The van der Waals surface area contributed by atoms with Crippen LogP contribution in [0, 0.1) is 5.82 Å². The van der Waals surface area contributed by atoms with Crippen molar-refractivity contribution in [1.29, 1.82) is 0 Å². The first kappa shape index (κ1) is 20.3. The van der Waals surface area contributed by atoms with E-state index < -0.39 is 6.04 Å². The van der Waals surface area contributed by atoms with Gasteiger partial charge in [-0.25, -0.2) is 4.39 Å². The molecule has 30 heavy (non-hydrogen) atoms. The average molecular weight is 411 g/mol. The van der Waals surface area contributed by atoms with Gasteiger partial charge in [-0.1, -0.05) is 36.4 Å². The van der Waals surface area contributed by atoms with Crippen LogP contribution in [-0.2, 0) is 21.7 Å². The second kappa shape index (κ2) is 8.44. The van der Waals surface area contributed by atoms with Crippen LogP contribution >= 0.6 is 0 Å².